The van der Waals surface area contributed by atoms with Crippen LogP contribution in [0.4, 0.5) is 0 Å². The Morgan fingerprint density at radius 1 is 1.57 bits per heavy atom. The molecule has 1 heterocycles. The second-order valence-corrected chi connectivity index (χ2v) is 3.62. The smallest absolute Gasteiger partial charge is 0.246 e. The maximum atomic E-state index is 6.02. The lowest BCUT2D eigenvalue weighted by molar-refractivity contribution is 0.174. The van der Waals surface area contributed by atoms with Crippen LogP contribution in [-0.4, -0.2) is 17.3 Å². The molecule has 0 radical (unpaired) electrons. The molecule has 0 spiro atoms. The molecule has 80 valence electrons. The molecule has 14 heavy (non-hydrogen) atoms. The van der Waals surface area contributed by atoms with E-state index in [1.54, 1.807) is 7.11 Å². The van der Waals surface area contributed by atoms with Gasteiger partial charge in [0.15, 0.2) is 5.82 Å². The normalized spacial score (nSPS) is 15.4. The lowest BCUT2D eigenvalue weighted by Gasteiger charge is -2.18. The van der Waals surface area contributed by atoms with Crippen LogP contribution in [0.15, 0.2) is 4.52 Å². The fourth-order valence-electron chi connectivity index (χ4n) is 1.30. The van der Waals surface area contributed by atoms with E-state index < -0.39 is 5.54 Å². The minimum atomic E-state index is -0.534. The number of hydrogen-bond acceptors (Lipinski definition) is 5. The SMILES string of the molecule is CCCC(C)(N)c1nc(COC)no1. The van der Waals surface area contributed by atoms with Gasteiger partial charge in [-0.3, -0.25) is 0 Å². The number of nitrogens with zero attached hydrogens (tertiary/aromatic N) is 2. The minimum absolute atomic E-state index is 0.353. The zero-order valence-electron chi connectivity index (χ0n) is 8.91. The van der Waals surface area contributed by atoms with Gasteiger partial charge in [0.25, 0.3) is 0 Å². The Labute approximate surface area is 83.6 Å². The molecule has 0 saturated carbocycles. The van der Waals surface area contributed by atoms with Crippen LogP contribution < -0.4 is 5.73 Å². The van der Waals surface area contributed by atoms with E-state index in [1.165, 1.54) is 0 Å². The predicted molar refractivity (Wildman–Crippen MR) is 51.5 cm³/mol. The molecular weight excluding hydrogens is 182 g/mol. The molecule has 5 heteroatoms. The second kappa shape index (κ2) is 4.52. The van der Waals surface area contributed by atoms with E-state index >= 15 is 0 Å². The minimum Gasteiger partial charge on any atom is -0.377 e. The monoisotopic (exact) mass is 199 g/mol. The number of methoxy groups -OCH3 is 1. The first-order valence-electron chi connectivity index (χ1n) is 4.71. The maximum Gasteiger partial charge on any atom is 0.246 e. The van der Waals surface area contributed by atoms with Gasteiger partial charge in [-0.2, -0.15) is 4.98 Å². The molecule has 1 aromatic heterocycles. The Kier molecular flexibility index (Phi) is 3.60. The molecule has 0 saturated heterocycles. The zero-order chi connectivity index (χ0) is 10.6. The summed E-state index contributed by atoms with van der Waals surface area (Å²) in [4.78, 5) is 4.16. The van der Waals surface area contributed by atoms with E-state index in [-0.39, 0.29) is 0 Å². The third kappa shape index (κ3) is 2.52. The summed E-state index contributed by atoms with van der Waals surface area (Å²) in [6, 6.07) is 0. The fourth-order valence-corrected chi connectivity index (χ4v) is 1.30. The van der Waals surface area contributed by atoms with Gasteiger partial charge in [0.2, 0.25) is 5.89 Å². The largest absolute Gasteiger partial charge is 0.377 e. The van der Waals surface area contributed by atoms with Gasteiger partial charge >= 0.3 is 0 Å². The zero-order valence-corrected chi connectivity index (χ0v) is 8.91. The Morgan fingerprint density at radius 2 is 2.29 bits per heavy atom. The Bertz CT molecular complexity index is 283. The second-order valence-electron chi connectivity index (χ2n) is 3.62. The highest BCUT2D eigenvalue weighted by Crippen LogP contribution is 2.21. The van der Waals surface area contributed by atoms with Crippen molar-refractivity contribution in [1.29, 1.82) is 0 Å². The molecule has 0 aromatic carbocycles. The Hall–Kier alpha value is -0.940. The molecule has 0 aliphatic heterocycles. The summed E-state index contributed by atoms with van der Waals surface area (Å²) in [6.45, 7) is 4.31. The number of ether oxygens (including phenoxy) is 1. The van der Waals surface area contributed by atoms with E-state index in [9.17, 15) is 0 Å². The van der Waals surface area contributed by atoms with Gasteiger partial charge in [-0.25, -0.2) is 0 Å². The Morgan fingerprint density at radius 3 is 2.86 bits per heavy atom. The molecule has 1 aromatic rings. The van der Waals surface area contributed by atoms with Crippen LogP contribution in [0.3, 0.4) is 0 Å². The summed E-state index contributed by atoms with van der Waals surface area (Å²) in [5, 5.41) is 3.76. The van der Waals surface area contributed by atoms with Crippen molar-refractivity contribution in [2.45, 2.75) is 38.8 Å². The lowest BCUT2D eigenvalue weighted by atomic mass is 9.98. The summed E-state index contributed by atoms with van der Waals surface area (Å²) in [6.07, 6.45) is 1.80. The van der Waals surface area contributed by atoms with Gasteiger partial charge in [0.05, 0.1) is 5.54 Å². The molecule has 0 fully saturated rings. The van der Waals surface area contributed by atoms with Gasteiger partial charge in [0.1, 0.15) is 6.61 Å². The summed E-state index contributed by atoms with van der Waals surface area (Å²) in [5.74, 6) is 1.02. The van der Waals surface area contributed by atoms with Crippen molar-refractivity contribution >= 4 is 0 Å². The lowest BCUT2D eigenvalue weighted by Crippen LogP contribution is -2.33. The van der Waals surface area contributed by atoms with E-state index in [4.69, 9.17) is 15.0 Å². The summed E-state index contributed by atoms with van der Waals surface area (Å²) in [5.41, 5.74) is 5.49. The number of hydrogen-bond donors (Lipinski definition) is 1. The van der Waals surface area contributed by atoms with Crippen LogP contribution in [0.1, 0.15) is 38.4 Å². The van der Waals surface area contributed by atoms with Crippen LogP contribution in [0.5, 0.6) is 0 Å². The van der Waals surface area contributed by atoms with Crippen molar-refractivity contribution in [2.75, 3.05) is 7.11 Å². The molecule has 0 bridgehead atoms. The van der Waals surface area contributed by atoms with Crippen molar-refractivity contribution in [3.05, 3.63) is 11.7 Å². The average Bonchev–Trinajstić information content (AvgIpc) is 2.54. The van der Waals surface area contributed by atoms with Crippen LogP contribution in [0, 0.1) is 0 Å². The molecule has 1 rings (SSSR count). The molecule has 2 N–H and O–H groups in total. The topological polar surface area (TPSA) is 74.2 Å². The van der Waals surface area contributed by atoms with Gasteiger partial charge in [-0.15, -0.1) is 0 Å². The predicted octanol–water partition coefficient (Wildman–Crippen LogP) is 1.19. The standard InChI is InChI=1S/C9H17N3O2/c1-4-5-9(2,10)8-11-7(6-13-3)12-14-8/h4-6,10H2,1-3H3. The molecular formula is C9H17N3O2. The summed E-state index contributed by atoms with van der Waals surface area (Å²) in [7, 11) is 1.59. The highest BCUT2D eigenvalue weighted by molar-refractivity contribution is 4.99. The molecule has 0 amide bonds. The van der Waals surface area contributed by atoms with Gasteiger partial charge in [0, 0.05) is 7.11 Å². The summed E-state index contributed by atoms with van der Waals surface area (Å²) >= 11 is 0. The first-order chi connectivity index (χ1) is 6.60. The van der Waals surface area contributed by atoms with Crippen LogP contribution in [-0.2, 0) is 16.9 Å². The first kappa shape index (κ1) is 11.1. The molecule has 0 aliphatic carbocycles. The Balaban J connectivity index is 2.74. The third-order valence-corrected chi connectivity index (χ3v) is 2.00. The van der Waals surface area contributed by atoms with Gasteiger partial charge in [-0.05, 0) is 13.3 Å². The highest BCUT2D eigenvalue weighted by atomic mass is 16.5. The number of rotatable bonds is 5. The molecule has 0 aliphatic rings. The highest BCUT2D eigenvalue weighted by Gasteiger charge is 2.27. The quantitative estimate of drug-likeness (QED) is 0.771. The maximum absolute atomic E-state index is 6.02. The fraction of sp³-hybridized carbons (Fsp3) is 0.778. The van der Waals surface area contributed by atoms with E-state index in [1.807, 2.05) is 6.92 Å². The molecule has 1 unspecified atom stereocenters. The van der Waals surface area contributed by atoms with E-state index in [0.717, 1.165) is 12.8 Å². The van der Waals surface area contributed by atoms with Crippen molar-refractivity contribution in [3.63, 3.8) is 0 Å². The average molecular weight is 199 g/mol. The van der Waals surface area contributed by atoms with Crippen molar-refractivity contribution in [1.82, 2.24) is 10.1 Å². The van der Waals surface area contributed by atoms with Gasteiger partial charge in [-0.1, -0.05) is 18.5 Å². The molecule has 5 nitrogen and oxygen atoms in total. The van der Waals surface area contributed by atoms with E-state index in [2.05, 4.69) is 17.1 Å². The van der Waals surface area contributed by atoms with E-state index in [0.29, 0.717) is 18.3 Å². The van der Waals surface area contributed by atoms with Crippen molar-refractivity contribution < 1.29 is 9.26 Å². The van der Waals surface area contributed by atoms with Crippen LogP contribution in [0.2, 0.25) is 0 Å². The van der Waals surface area contributed by atoms with Gasteiger partial charge < -0.3 is 15.0 Å². The first-order valence-corrected chi connectivity index (χ1v) is 4.71. The molecule has 1 atom stereocenters. The number of nitrogens with two attached hydrogens (primary N) is 1. The number of aromatic nitrogens is 2. The van der Waals surface area contributed by atoms with Crippen LogP contribution >= 0.6 is 0 Å². The van der Waals surface area contributed by atoms with Crippen LogP contribution in [0.25, 0.3) is 0 Å². The van der Waals surface area contributed by atoms with Crippen molar-refractivity contribution in [2.24, 2.45) is 5.73 Å². The summed E-state index contributed by atoms with van der Waals surface area (Å²) < 4.78 is 9.96. The van der Waals surface area contributed by atoms with Crippen molar-refractivity contribution in [3.8, 4) is 0 Å². The third-order valence-electron chi connectivity index (χ3n) is 2.00.